The zero-order valence-corrected chi connectivity index (χ0v) is 38.1. The lowest BCUT2D eigenvalue weighted by molar-refractivity contribution is 0.768. The maximum Gasteiger partial charge on any atom is 0.0726 e. The van der Waals surface area contributed by atoms with Gasteiger partial charge in [-0.25, -0.2) is 0 Å². The monoisotopic (exact) mass is 895 g/mol. The zero-order valence-electron chi connectivity index (χ0n) is 43.1. The van der Waals surface area contributed by atoms with Crippen molar-refractivity contribution in [3.63, 3.8) is 0 Å². The summed E-state index contributed by atoms with van der Waals surface area (Å²) < 4.78 is 44.1. The van der Waals surface area contributed by atoms with Gasteiger partial charge in [0.05, 0.1) is 17.7 Å². The third-order valence-electron chi connectivity index (χ3n) is 15.0. The molecule has 0 bridgehead atoms. The van der Waals surface area contributed by atoms with Crippen LogP contribution in [0, 0.1) is 0 Å². The van der Waals surface area contributed by atoms with Gasteiger partial charge in [-0.2, -0.15) is 0 Å². The Hall–Kier alpha value is -8.98. The molecule has 2 nitrogen and oxygen atoms in total. The molecule has 11 aromatic carbocycles. The van der Waals surface area contributed by atoms with E-state index in [1.54, 1.807) is 4.90 Å². The largest absolute Gasteiger partial charge is 0.310 e. The van der Waals surface area contributed by atoms with Crippen LogP contribution < -0.4 is 9.80 Å². The minimum atomic E-state index is -0.717. The maximum absolute atomic E-state index is 9.15. The number of hydrogen-bond acceptors (Lipinski definition) is 2. The average molecular weight is 896 g/mol. The van der Waals surface area contributed by atoms with E-state index in [1.165, 1.54) is 50.1 Å². The average Bonchev–Trinajstić information content (AvgIpc) is 4.07. The molecule has 0 aromatic heterocycles. The first-order valence-corrected chi connectivity index (χ1v) is 23.9. The van der Waals surface area contributed by atoms with Crippen molar-refractivity contribution in [2.75, 3.05) is 9.80 Å². The summed E-state index contributed by atoms with van der Waals surface area (Å²) >= 11 is 0. The van der Waals surface area contributed by atoms with Gasteiger partial charge in [0, 0.05) is 34.1 Å². The quantitative estimate of drug-likeness (QED) is 0.150. The second kappa shape index (κ2) is 15.8. The predicted molar refractivity (Wildman–Crippen MR) is 289 cm³/mol. The molecule has 14 rings (SSSR count). The number of nitrogens with zero attached hydrogens (tertiary/aromatic N) is 2. The molecule has 3 aliphatic rings. The van der Waals surface area contributed by atoms with Crippen LogP contribution in [0.2, 0.25) is 0 Å². The van der Waals surface area contributed by atoms with Gasteiger partial charge in [-0.15, -0.1) is 0 Å². The number of para-hydroxylation sites is 3. The molecule has 0 saturated carbocycles. The van der Waals surface area contributed by atoms with Gasteiger partial charge < -0.3 is 9.80 Å². The molecular formula is C68H46N2. The Labute approximate surface area is 416 Å². The Kier molecular flexibility index (Phi) is 7.95. The van der Waals surface area contributed by atoms with Gasteiger partial charge in [0.1, 0.15) is 0 Å². The Morgan fingerprint density at radius 3 is 1.11 bits per heavy atom. The van der Waals surface area contributed by atoms with Gasteiger partial charge >= 0.3 is 0 Å². The molecule has 70 heavy (non-hydrogen) atoms. The molecule has 3 aliphatic carbocycles. The predicted octanol–water partition coefficient (Wildman–Crippen LogP) is 17.3. The first-order valence-electron chi connectivity index (χ1n) is 26.4. The van der Waals surface area contributed by atoms with Crippen molar-refractivity contribution in [1.82, 2.24) is 0 Å². The summed E-state index contributed by atoms with van der Waals surface area (Å²) in [5, 5.41) is 0. The van der Waals surface area contributed by atoms with Crippen LogP contribution in [0.4, 0.5) is 34.1 Å². The number of hydrogen-bond donors (Lipinski definition) is 0. The fraction of sp³-hybridized carbons (Fsp3) is 0.0294. The first-order chi connectivity index (χ1) is 36.8. The smallest absolute Gasteiger partial charge is 0.0726 e. The van der Waals surface area contributed by atoms with E-state index >= 15 is 0 Å². The summed E-state index contributed by atoms with van der Waals surface area (Å²) in [6.45, 7) is 0. The van der Waals surface area contributed by atoms with E-state index in [9.17, 15) is 0 Å². The summed E-state index contributed by atoms with van der Waals surface area (Å²) in [6.07, 6.45) is 0. The first kappa shape index (κ1) is 35.2. The van der Waals surface area contributed by atoms with E-state index in [-0.39, 0.29) is 29.9 Å². The lowest BCUT2D eigenvalue weighted by Crippen LogP contribution is -2.28. The van der Waals surface area contributed by atoms with Crippen molar-refractivity contribution in [2.45, 2.75) is 10.8 Å². The summed E-state index contributed by atoms with van der Waals surface area (Å²) in [6, 6.07) is 87.1. The number of benzene rings is 11. The van der Waals surface area contributed by atoms with Crippen LogP contribution in [-0.4, -0.2) is 0 Å². The summed E-state index contributed by atoms with van der Waals surface area (Å²) in [4.78, 5) is 4.20. The van der Waals surface area contributed by atoms with E-state index in [2.05, 4.69) is 217 Å². The molecule has 1 atom stereocenters. The number of fused-ring (bicyclic) bond motifs is 13. The topological polar surface area (TPSA) is 6.48 Å². The van der Waals surface area contributed by atoms with E-state index in [0.29, 0.717) is 11.4 Å². The van der Waals surface area contributed by atoms with Crippen LogP contribution in [0.5, 0.6) is 0 Å². The highest BCUT2D eigenvalue weighted by Gasteiger charge is 2.52. The molecule has 0 heterocycles. The Bertz CT molecular complexity index is 4020. The van der Waals surface area contributed by atoms with Crippen LogP contribution in [0.3, 0.4) is 0 Å². The third kappa shape index (κ3) is 5.68. The molecular weight excluding hydrogens is 845 g/mol. The highest BCUT2D eigenvalue weighted by Crippen LogP contribution is 2.64. The van der Waals surface area contributed by atoms with Crippen molar-refractivity contribution < 1.29 is 6.85 Å². The molecule has 0 aliphatic heterocycles. The SMILES string of the molecule is [2H]c1c([2H])c([2H])c(N(c2ccccc2)c2ccc3c(c2)-c2ccccc2C32c3ccccc3-c3ccc(N(c4ccccc4)c4ccc5c(c4)-c4ccccc4C5(c4ccccc4)c4ccccc4)cc32)c([2H])c1[2H]. The highest BCUT2D eigenvalue weighted by molar-refractivity contribution is 5.98. The Morgan fingerprint density at radius 1 is 0.243 bits per heavy atom. The lowest BCUT2D eigenvalue weighted by Gasteiger charge is -2.34. The van der Waals surface area contributed by atoms with Gasteiger partial charge in [0.25, 0.3) is 0 Å². The van der Waals surface area contributed by atoms with E-state index in [4.69, 9.17) is 6.85 Å². The van der Waals surface area contributed by atoms with Gasteiger partial charge in [-0.3, -0.25) is 0 Å². The second-order valence-corrected chi connectivity index (χ2v) is 18.4. The van der Waals surface area contributed by atoms with Crippen LogP contribution in [0.1, 0.15) is 51.4 Å². The molecule has 0 N–H and O–H groups in total. The van der Waals surface area contributed by atoms with Crippen LogP contribution in [-0.2, 0) is 10.8 Å². The van der Waals surface area contributed by atoms with E-state index < -0.39 is 16.9 Å². The molecule has 0 saturated heterocycles. The molecule has 0 radical (unpaired) electrons. The minimum absolute atomic E-state index is 0.0937. The summed E-state index contributed by atoms with van der Waals surface area (Å²) in [5.74, 6) is 0. The molecule has 328 valence electrons. The van der Waals surface area contributed by atoms with Crippen molar-refractivity contribution in [2.24, 2.45) is 0 Å². The summed E-state index contributed by atoms with van der Waals surface area (Å²) in [7, 11) is 0. The molecule has 0 fully saturated rings. The van der Waals surface area contributed by atoms with E-state index in [0.717, 1.165) is 44.9 Å². The molecule has 1 unspecified atom stereocenters. The second-order valence-electron chi connectivity index (χ2n) is 18.4. The van der Waals surface area contributed by atoms with Gasteiger partial charge in [0.2, 0.25) is 0 Å². The summed E-state index contributed by atoms with van der Waals surface area (Å²) in [5.41, 5.74) is 19.8. The lowest BCUT2D eigenvalue weighted by atomic mass is 9.68. The Balaban J connectivity index is 0.983. The number of anilines is 6. The van der Waals surface area contributed by atoms with Crippen LogP contribution in [0.15, 0.2) is 279 Å². The van der Waals surface area contributed by atoms with Crippen LogP contribution >= 0.6 is 0 Å². The molecule has 11 aromatic rings. The number of rotatable bonds is 8. The zero-order chi connectivity index (χ0) is 50.6. The van der Waals surface area contributed by atoms with Crippen molar-refractivity contribution in [1.29, 1.82) is 0 Å². The van der Waals surface area contributed by atoms with Gasteiger partial charge in [0.15, 0.2) is 0 Å². The van der Waals surface area contributed by atoms with Crippen LogP contribution in [0.25, 0.3) is 33.4 Å². The normalized spacial score (nSPS) is 16.0. The highest BCUT2D eigenvalue weighted by atomic mass is 15.1. The standard InChI is InChI=1S/C68H46N2/c1-6-22-47(23-7-1)67(48-24-8-2-9-25-48)61-35-19-17-33-56(61)59-45-53(39-42-64(59)67)70(51-30-14-5-15-31-51)54-38-41-58-55-32-16-20-36-62(55)68(66(58)46-54)63-37-21-18-34-57(63)60-44-52(40-43-65(60)68)69(49-26-10-3-11-27-49)50-28-12-4-13-29-50/h1-46H/i3D,10D,11D,26D,27D. The third-order valence-corrected chi connectivity index (χ3v) is 15.0. The molecule has 0 amide bonds. The van der Waals surface area contributed by atoms with Crippen molar-refractivity contribution in [3.8, 4) is 33.4 Å². The Morgan fingerprint density at radius 2 is 0.600 bits per heavy atom. The van der Waals surface area contributed by atoms with Crippen molar-refractivity contribution in [3.05, 3.63) is 323 Å². The van der Waals surface area contributed by atoms with Crippen molar-refractivity contribution >= 4 is 34.1 Å². The van der Waals surface area contributed by atoms with Gasteiger partial charge in [-0.05, 0) is 151 Å². The van der Waals surface area contributed by atoms with E-state index in [1.807, 2.05) is 36.4 Å². The molecule has 1 spiro atoms. The fourth-order valence-corrected chi connectivity index (χ4v) is 12.3. The minimum Gasteiger partial charge on any atom is -0.310 e. The fourth-order valence-electron chi connectivity index (χ4n) is 12.3. The molecule has 2 heteroatoms. The van der Waals surface area contributed by atoms with Gasteiger partial charge in [-0.1, -0.05) is 206 Å². The maximum atomic E-state index is 9.15.